The molecule has 0 bridgehead atoms. The van der Waals surface area contributed by atoms with Gasteiger partial charge in [0.25, 0.3) is 5.91 Å². The maximum Gasteiger partial charge on any atom is 0.254 e. The van der Waals surface area contributed by atoms with Crippen molar-refractivity contribution in [3.05, 3.63) is 17.8 Å². The van der Waals surface area contributed by atoms with Gasteiger partial charge in [0.2, 0.25) is 5.88 Å². The number of carbonyl (C=O) groups is 1. The molecule has 0 aliphatic heterocycles. The lowest BCUT2D eigenvalue weighted by molar-refractivity contribution is 0.0995. The highest BCUT2D eigenvalue weighted by Gasteiger charge is 2.11. The van der Waals surface area contributed by atoms with Crippen LogP contribution in [0.4, 0.5) is 5.69 Å². The summed E-state index contributed by atoms with van der Waals surface area (Å²) in [5, 5.41) is 0. The first kappa shape index (κ1) is 12.3. The van der Waals surface area contributed by atoms with Crippen LogP contribution in [-0.2, 0) is 0 Å². The molecule has 0 radical (unpaired) electrons. The average molecular weight is 223 g/mol. The normalized spacial score (nSPS) is 10.1. The number of carbonyl (C=O) groups excluding carboxylic acids is 1. The van der Waals surface area contributed by atoms with Crippen LogP contribution in [0, 0.1) is 0 Å². The summed E-state index contributed by atoms with van der Waals surface area (Å²) < 4.78 is 5.39. The summed E-state index contributed by atoms with van der Waals surface area (Å²) in [5.41, 5.74) is 11.3. The fourth-order valence-electron chi connectivity index (χ4n) is 1.28. The lowest BCUT2D eigenvalue weighted by atomic mass is 10.2. The monoisotopic (exact) mass is 223 g/mol. The van der Waals surface area contributed by atoms with Crippen molar-refractivity contribution in [1.82, 2.24) is 4.98 Å². The molecule has 5 heteroatoms. The number of hydrogen-bond donors (Lipinski definition) is 2. The Morgan fingerprint density at radius 2 is 2.25 bits per heavy atom. The molecule has 0 fully saturated rings. The lowest BCUT2D eigenvalue weighted by Gasteiger charge is -2.08. The molecule has 0 aromatic carbocycles. The molecule has 1 aromatic rings. The van der Waals surface area contributed by atoms with E-state index in [9.17, 15) is 4.79 Å². The average Bonchev–Trinajstić information content (AvgIpc) is 2.26. The SMILES string of the molecule is CCCCCOc1ncc(N)cc1C(N)=O. The number of primary amides is 1. The van der Waals surface area contributed by atoms with Gasteiger partial charge in [0, 0.05) is 0 Å². The largest absolute Gasteiger partial charge is 0.477 e. The summed E-state index contributed by atoms with van der Waals surface area (Å²) in [6.45, 7) is 2.64. The first-order chi connectivity index (χ1) is 7.65. The highest BCUT2D eigenvalue weighted by molar-refractivity contribution is 5.95. The molecule has 1 amide bonds. The van der Waals surface area contributed by atoms with Gasteiger partial charge in [-0.3, -0.25) is 4.79 Å². The summed E-state index contributed by atoms with van der Waals surface area (Å²) in [4.78, 5) is 15.1. The Kier molecular flexibility index (Phi) is 4.57. The van der Waals surface area contributed by atoms with Crippen molar-refractivity contribution in [3.8, 4) is 5.88 Å². The third kappa shape index (κ3) is 3.42. The summed E-state index contributed by atoms with van der Waals surface area (Å²) in [6.07, 6.45) is 4.57. The minimum Gasteiger partial charge on any atom is -0.477 e. The molecule has 0 unspecified atom stereocenters. The highest BCUT2D eigenvalue weighted by Crippen LogP contribution is 2.17. The van der Waals surface area contributed by atoms with Crippen LogP contribution in [-0.4, -0.2) is 17.5 Å². The molecule has 0 aliphatic rings. The van der Waals surface area contributed by atoms with E-state index in [2.05, 4.69) is 11.9 Å². The Morgan fingerprint density at radius 1 is 1.50 bits per heavy atom. The molecule has 5 nitrogen and oxygen atoms in total. The van der Waals surface area contributed by atoms with Gasteiger partial charge in [0.15, 0.2) is 0 Å². The molecule has 0 spiro atoms. The molecular formula is C11H17N3O2. The number of pyridine rings is 1. The number of nitrogens with two attached hydrogens (primary N) is 2. The minimum atomic E-state index is -0.578. The van der Waals surface area contributed by atoms with Crippen molar-refractivity contribution >= 4 is 11.6 Å². The second kappa shape index (κ2) is 5.95. The molecule has 0 saturated heterocycles. The molecule has 1 rings (SSSR count). The summed E-state index contributed by atoms with van der Waals surface area (Å²) >= 11 is 0. The van der Waals surface area contributed by atoms with Gasteiger partial charge in [-0.25, -0.2) is 4.98 Å². The maximum absolute atomic E-state index is 11.1. The zero-order valence-corrected chi connectivity index (χ0v) is 9.40. The zero-order chi connectivity index (χ0) is 12.0. The Labute approximate surface area is 94.8 Å². The first-order valence-electron chi connectivity index (χ1n) is 5.33. The van der Waals surface area contributed by atoms with Crippen LogP contribution in [0.2, 0.25) is 0 Å². The topological polar surface area (TPSA) is 91.2 Å². The summed E-state index contributed by atoms with van der Waals surface area (Å²) in [5.74, 6) is -0.317. The van der Waals surface area contributed by atoms with Crippen molar-refractivity contribution in [2.45, 2.75) is 26.2 Å². The molecule has 1 aromatic heterocycles. The van der Waals surface area contributed by atoms with E-state index >= 15 is 0 Å². The van der Waals surface area contributed by atoms with Gasteiger partial charge in [-0.1, -0.05) is 19.8 Å². The molecule has 16 heavy (non-hydrogen) atoms. The Hall–Kier alpha value is -1.78. The second-order valence-corrected chi connectivity index (χ2v) is 3.54. The number of amides is 1. The molecule has 0 atom stereocenters. The Balaban J connectivity index is 2.67. The first-order valence-corrected chi connectivity index (χ1v) is 5.33. The van der Waals surface area contributed by atoms with Crippen molar-refractivity contribution in [2.75, 3.05) is 12.3 Å². The van der Waals surface area contributed by atoms with E-state index < -0.39 is 5.91 Å². The predicted octanol–water partition coefficient (Wildman–Crippen LogP) is 1.33. The van der Waals surface area contributed by atoms with Gasteiger partial charge in [0.05, 0.1) is 18.5 Å². The van der Waals surface area contributed by atoms with E-state index in [1.165, 1.54) is 12.3 Å². The lowest BCUT2D eigenvalue weighted by Crippen LogP contribution is -2.15. The zero-order valence-electron chi connectivity index (χ0n) is 9.40. The van der Waals surface area contributed by atoms with Gasteiger partial charge >= 0.3 is 0 Å². The fourth-order valence-corrected chi connectivity index (χ4v) is 1.28. The summed E-state index contributed by atoms with van der Waals surface area (Å²) in [6, 6.07) is 1.48. The number of aromatic nitrogens is 1. The highest BCUT2D eigenvalue weighted by atomic mass is 16.5. The fraction of sp³-hybridized carbons (Fsp3) is 0.455. The van der Waals surface area contributed by atoms with E-state index in [0.29, 0.717) is 12.3 Å². The third-order valence-corrected chi connectivity index (χ3v) is 2.12. The number of rotatable bonds is 6. The number of nitrogens with zero attached hydrogens (tertiary/aromatic N) is 1. The maximum atomic E-state index is 11.1. The van der Waals surface area contributed by atoms with E-state index in [1.54, 1.807) is 0 Å². The molecule has 1 heterocycles. The number of ether oxygens (including phenoxy) is 1. The standard InChI is InChI=1S/C11H17N3O2/c1-2-3-4-5-16-11-9(10(13)15)6-8(12)7-14-11/h6-7H,2-5,12H2,1H3,(H2,13,15). The molecule has 0 aliphatic carbocycles. The quantitative estimate of drug-likeness (QED) is 0.712. The number of nitrogen functional groups attached to an aromatic ring is 1. The van der Waals surface area contributed by atoms with E-state index in [1.807, 2.05) is 0 Å². The third-order valence-electron chi connectivity index (χ3n) is 2.12. The van der Waals surface area contributed by atoms with E-state index in [4.69, 9.17) is 16.2 Å². The van der Waals surface area contributed by atoms with Gasteiger partial charge < -0.3 is 16.2 Å². The smallest absolute Gasteiger partial charge is 0.254 e. The van der Waals surface area contributed by atoms with Crippen LogP contribution < -0.4 is 16.2 Å². The van der Waals surface area contributed by atoms with Crippen molar-refractivity contribution in [3.63, 3.8) is 0 Å². The van der Waals surface area contributed by atoms with Gasteiger partial charge in [-0.15, -0.1) is 0 Å². The number of unbranched alkanes of at least 4 members (excludes halogenated alkanes) is 2. The van der Waals surface area contributed by atoms with Crippen molar-refractivity contribution in [2.24, 2.45) is 5.73 Å². The van der Waals surface area contributed by atoms with Crippen LogP contribution >= 0.6 is 0 Å². The van der Waals surface area contributed by atoms with E-state index in [-0.39, 0.29) is 11.4 Å². The van der Waals surface area contributed by atoms with Crippen LogP contribution in [0.1, 0.15) is 36.5 Å². The van der Waals surface area contributed by atoms with Gasteiger partial charge in [0.1, 0.15) is 5.56 Å². The second-order valence-electron chi connectivity index (χ2n) is 3.54. The summed E-state index contributed by atoms with van der Waals surface area (Å²) in [7, 11) is 0. The van der Waals surface area contributed by atoms with Crippen molar-refractivity contribution in [1.29, 1.82) is 0 Å². The van der Waals surface area contributed by atoms with Crippen LogP contribution in [0.25, 0.3) is 0 Å². The molecule has 4 N–H and O–H groups in total. The van der Waals surface area contributed by atoms with Gasteiger partial charge in [-0.05, 0) is 12.5 Å². The van der Waals surface area contributed by atoms with Crippen molar-refractivity contribution < 1.29 is 9.53 Å². The minimum absolute atomic E-state index is 0.233. The molecule has 88 valence electrons. The van der Waals surface area contributed by atoms with Crippen LogP contribution in [0.15, 0.2) is 12.3 Å². The number of anilines is 1. The van der Waals surface area contributed by atoms with Crippen LogP contribution in [0.3, 0.4) is 0 Å². The predicted molar refractivity (Wildman–Crippen MR) is 62.2 cm³/mol. The molecule has 0 saturated carbocycles. The number of hydrogen-bond acceptors (Lipinski definition) is 4. The van der Waals surface area contributed by atoms with Gasteiger partial charge in [-0.2, -0.15) is 0 Å². The molecular weight excluding hydrogens is 206 g/mol. The van der Waals surface area contributed by atoms with E-state index in [0.717, 1.165) is 19.3 Å². The Bertz CT molecular complexity index is 366. The Morgan fingerprint density at radius 3 is 2.88 bits per heavy atom. The van der Waals surface area contributed by atoms with Crippen LogP contribution in [0.5, 0.6) is 5.88 Å².